The van der Waals surface area contributed by atoms with Crippen LogP contribution in [0.1, 0.15) is 43.2 Å². The van der Waals surface area contributed by atoms with Gasteiger partial charge in [-0.1, -0.05) is 30.3 Å². The number of likely N-dealkylation sites (tertiary alicyclic amines) is 1. The summed E-state index contributed by atoms with van der Waals surface area (Å²) in [6.45, 7) is -0.594. The highest BCUT2D eigenvalue weighted by atomic mass is 32.2. The molecule has 0 aromatic heterocycles. The number of hydrogen-bond donors (Lipinski definition) is 1. The van der Waals surface area contributed by atoms with Crippen molar-refractivity contribution in [2.24, 2.45) is 11.8 Å². The zero-order valence-electron chi connectivity index (χ0n) is 22.7. The molecule has 15 heteroatoms. The van der Waals surface area contributed by atoms with E-state index in [0.29, 0.717) is 12.1 Å². The predicted molar refractivity (Wildman–Crippen MR) is 137 cm³/mol. The van der Waals surface area contributed by atoms with Crippen molar-refractivity contribution in [3.05, 3.63) is 59.7 Å². The van der Waals surface area contributed by atoms with Crippen molar-refractivity contribution >= 4 is 21.7 Å². The summed E-state index contributed by atoms with van der Waals surface area (Å²) in [5.41, 5.74) is -7.70. The summed E-state index contributed by atoms with van der Waals surface area (Å²) in [6.07, 6.45) is -12.0. The summed E-state index contributed by atoms with van der Waals surface area (Å²) < 4.78 is 126. The molecule has 2 aromatic rings. The first kappa shape index (κ1) is 32.6. The Morgan fingerprint density at radius 2 is 1.47 bits per heavy atom. The number of nitrogens with zero attached hydrogens (tertiary/aromatic N) is 1. The van der Waals surface area contributed by atoms with Crippen molar-refractivity contribution in [1.82, 2.24) is 4.90 Å². The van der Waals surface area contributed by atoms with Crippen LogP contribution in [0.25, 0.3) is 0 Å². The first-order valence-electron chi connectivity index (χ1n) is 13.2. The van der Waals surface area contributed by atoms with Gasteiger partial charge in [0.25, 0.3) is 0 Å². The van der Waals surface area contributed by atoms with Gasteiger partial charge < -0.3 is 14.7 Å². The first-order chi connectivity index (χ1) is 19.9. The Balaban J connectivity index is 1.76. The standard InChI is InChI=1S/C28H28F7NO6S/c1-42-21-3-2-4-22(15-21)43(40,41)25(13-14-36(16-25)23(37)17-5-7-18(8-6-17)24(38)39)19-9-11-20(12-10-19)26(29,27(30,31)32)28(33,34)35/h2-4,9-12,15,17-18H,5-8,13-14,16H2,1H3,(H,38,39)/t17-,18-,25?. The third-order valence-corrected chi connectivity index (χ3v) is 10.9. The first-order valence-corrected chi connectivity index (χ1v) is 14.7. The van der Waals surface area contributed by atoms with Crippen LogP contribution < -0.4 is 4.74 Å². The Labute approximate surface area is 242 Å². The van der Waals surface area contributed by atoms with E-state index in [1.807, 2.05) is 0 Å². The van der Waals surface area contributed by atoms with E-state index in [1.165, 1.54) is 36.3 Å². The maximum absolute atomic E-state index is 14.7. The van der Waals surface area contributed by atoms with Gasteiger partial charge in [-0.05, 0) is 55.9 Å². The summed E-state index contributed by atoms with van der Waals surface area (Å²) >= 11 is 0. The van der Waals surface area contributed by atoms with E-state index < -0.39 is 68.4 Å². The number of carboxylic acid groups (broad SMARTS) is 1. The van der Waals surface area contributed by atoms with E-state index in [9.17, 15) is 53.8 Å². The molecule has 1 heterocycles. The highest BCUT2D eigenvalue weighted by Crippen LogP contribution is 2.54. The minimum absolute atomic E-state index is 0.110. The molecule has 1 atom stereocenters. The summed E-state index contributed by atoms with van der Waals surface area (Å²) in [4.78, 5) is 25.7. The third kappa shape index (κ3) is 5.55. The Bertz CT molecular complexity index is 1450. The van der Waals surface area contributed by atoms with Gasteiger partial charge in [0.2, 0.25) is 5.91 Å². The van der Waals surface area contributed by atoms with E-state index in [4.69, 9.17) is 4.74 Å². The Kier molecular flexibility index (Phi) is 8.55. The second-order valence-electron chi connectivity index (χ2n) is 10.8. The van der Waals surface area contributed by atoms with Crippen LogP contribution in [-0.4, -0.2) is 62.9 Å². The number of sulfone groups is 1. The van der Waals surface area contributed by atoms with Crippen LogP contribution in [0.5, 0.6) is 5.75 Å². The minimum Gasteiger partial charge on any atom is -0.497 e. The molecular weight excluding hydrogens is 611 g/mol. The van der Waals surface area contributed by atoms with Gasteiger partial charge in [0.05, 0.1) is 17.9 Å². The molecule has 1 unspecified atom stereocenters. The van der Waals surface area contributed by atoms with Crippen molar-refractivity contribution in [1.29, 1.82) is 0 Å². The van der Waals surface area contributed by atoms with Gasteiger partial charge >= 0.3 is 24.0 Å². The fourth-order valence-corrected chi connectivity index (χ4v) is 8.02. The molecule has 236 valence electrons. The van der Waals surface area contributed by atoms with Crippen LogP contribution in [0.3, 0.4) is 0 Å². The van der Waals surface area contributed by atoms with E-state index in [1.54, 1.807) is 0 Å². The van der Waals surface area contributed by atoms with Gasteiger partial charge in [-0.15, -0.1) is 0 Å². The fourth-order valence-electron chi connectivity index (χ4n) is 5.91. The summed E-state index contributed by atoms with van der Waals surface area (Å²) in [5, 5.41) is 9.24. The fraction of sp³-hybridized carbons (Fsp3) is 0.500. The Hall–Kier alpha value is -3.36. The largest absolute Gasteiger partial charge is 0.497 e. The van der Waals surface area contributed by atoms with Crippen LogP contribution in [-0.2, 0) is 29.8 Å². The highest BCUT2D eigenvalue weighted by Gasteiger charge is 2.73. The maximum Gasteiger partial charge on any atom is 0.435 e. The number of carboxylic acids is 1. The van der Waals surface area contributed by atoms with E-state index in [0.717, 1.165) is 0 Å². The van der Waals surface area contributed by atoms with Crippen molar-refractivity contribution in [3.63, 3.8) is 0 Å². The highest BCUT2D eigenvalue weighted by molar-refractivity contribution is 7.92. The van der Waals surface area contributed by atoms with Gasteiger partial charge in [-0.2, -0.15) is 26.3 Å². The lowest BCUT2D eigenvalue weighted by Crippen LogP contribution is -2.50. The average molecular weight is 640 g/mol. The number of benzene rings is 2. The number of carbonyl (C=O) groups excluding carboxylic acids is 1. The van der Waals surface area contributed by atoms with E-state index >= 15 is 0 Å². The van der Waals surface area contributed by atoms with Crippen molar-refractivity contribution in [3.8, 4) is 5.75 Å². The van der Waals surface area contributed by atoms with E-state index in [2.05, 4.69) is 0 Å². The number of ether oxygens (including phenoxy) is 1. The molecule has 2 aromatic carbocycles. The van der Waals surface area contributed by atoms with Crippen molar-refractivity contribution < 1.29 is 58.6 Å². The van der Waals surface area contributed by atoms with Gasteiger partial charge in [0.1, 0.15) is 10.5 Å². The van der Waals surface area contributed by atoms with Crippen molar-refractivity contribution in [2.45, 2.75) is 59.8 Å². The maximum atomic E-state index is 14.7. The molecule has 1 aliphatic carbocycles. The summed E-state index contributed by atoms with van der Waals surface area (Å²) in [5.74, 6) is -2.44. The lowest BCUT2D eigenvalue weighted by Gasteiger charge is -2.33. The molecule has 1 aliphatic heterocycles. The second kappa shape index (κ2) is 11.3. The molecule has 2 fully saturated rings. The smallest absolute Gasteiger partial charge is 0.435 e. The molecule has 1 saturated heterocycles. The number of halogens is 7. The normalized spacial score (nSPS) is 23.7. The SMILES string of the molecule is COc1cccc(S(=O)(=O)C2(c3ccc(C(F)(C(F)(F)F)C(F)(F)F)cc3)CCN(C(=O)[C@H]3CC[C@H](C(=O)O)CC3)C2)c1. The molecule has 4 rings (SSSR count). The lowest BCUT2D eigenvalue weighted by molar-refractivity contribution is -0.348. The third-order valence-electron chi connectivity index (χ3n) is 8.43. The molecule has 1 amide bonds. The number of carbonyl (C=O) groups is 2. The van der Waals surface area contributed by atoms with Crippen LogP contribution >= 0.6 is 0 Å². The quantitative estimate of drug-likeness (QED) is 0.386. The van der Waals surface area contributed by atoms with Gasteiger partial charge in [-0.3, -0.25) is 9.59 Å². The number of methoxy groups -OCH3 is 1. The number of rotatable bonds is 7. The van der Waals surface area contributed by atoms with Crippen molar-refractivity contribution in [2.75, 3.05) is 20.2 Å². The molecular formula is C28H28F7NO6S. The van der Waals surface area contributed by atoms with Crippen LogP contribution in [0.15, 0.2) is 53.4 Å². The Morgan fingerprint density at radius 1 is 0.907 bits per heavy atom. The molecule has 43 heavy (non-hydrogen) atoms. The molecule has 0 spiro atoms. The number of hydrogen-bond acceptors (Lipinski definition) is 5. The molecule has 0 bridgehead atoms. The zero-order valence-corrected chi connectivity index (χ0v) is 23.5. The van der Waals surface area contributed by atoms with Gasteiger partial charge in [0, 0.05) is 24.6 Å². The zero-order chi connectivity index (χ0) is 32.0. The number of aliphatic carboxylic acids is 1. The Morgan fingerprint density at radius 3 is 1.98 bits per heavy atom. The van der Waals surface area contributed by atoms with Crippen LogP contribution in [0.2, 0.25) is 0 Å². The topological polar surface area (TPSA) is 101 Å². The molecule has 1 N–H and O–H groups in total. The molecule has 1 saturated carbocycles. The molecule has 2 aliphatic rings. The number of alkyl halides is 7. The summed E-state index contributed by atoms with van der Waals surface area (Å²) in [6, 6.07) is 7.23. The molecule has 0 radical (unpaired) electrons. The molecule has 7 nitrogen and oxygen atoms in total. The monoisotopic (exact) mass is 639 g/mol. The van der Waals surface area contributed by atoms with Crippen LogP contribution in [0.4, 0.5) is 30.7 Å². The number of amides is 1. The van der Waals surface area contributed by atoms with Crippen LogP contribution in [0, 0.1) is 11.8 Å². The minimum atomic E-state index is -6.35. The summed E-state index contributed by atoms with van der Waals surface area (Å²) in [7, 11) is -3.21. The second-order valence-corrected chi connectivity index (χ2v) is 13.1. The lowest BCUT2D eigenvalue weighted by atomic mass is 9.81. The average Bonchev–Trinajstić information content (AvgIpc) is 3.43. The van der Waals surface area contributed by atoms with Gasteiger partial charge in [0.15, 0.2) is 9.84 Å². The van der Waals surface area contributed by atoms with E-state index in [-0.39, 0.29) is 67.0 Å². The van der Waals surface area contributed by atoms with Gasteiger partial charge in [-0.25, -0.2) is 12.8 Å². The predicted octanol–water partition coefficient (Wildman–Crippen LogP) is 5.78.